The van der Waals surface area contributed by atoms with Crippen LogP contribution in [0.25, 0.3) is 11.2 Å². The summed E-state index contributed by atoms with van der Waals surface area (Å²) < 4.78 is 18.1. The molecule has 0 aliphatic carbocycles. The Kier molecular flexibility index (Phi) is 6.51. The van der Waals surface area contributed by atoms with E-state index >= 15 is 0 Å². The second kappa shape index (κ2) is 9.78. The van der Waals surface area contributed by atoms with Crippen LogP contribution in [0, 0.1) is 12.7 Å². The molecule has 2 aromatic heterocycles. The number of anilines is 1. The fourth-order valence-electron chi connectivity index (χ4n) is 4.92. The Hall–Kier alpha value is -4.05. The number of piperidine rings is 1. The van der Waals surface area contributed by atoms with Gasteiger partial charge >= 0.3 is 5.69 Å². The Bertz CT molecular complexity index is 1600. The molecule has 9 nitrogen and oxygen atoms in total. The topological polar surface area (TPSA) is 108 Å². The number of carbonyl (C=O) groups excluding carboxylic acids is 1. The normalized spacial score (nSPS) is 15.9. The van der Waals surface area contributed by atoms with Crippen molar-refractivity contribution in [2.75, 3.05) is 18.0 Å². The lowest BCUT2D eigenvalue weighted by molar-refractivity contribution is 0.0969. The lowest BCUT2D eigenvalue weighted by Gasteiger charge is -2.32. The van der Waals surface area contributed by atoms with Crippen LogP contribution in [0.4, 0.5) is 10.3 Å². The SMILES string of the molecule is Cc1ccc(F)cc1Cn1c(N2CCC[C@@H](N)C2)nc2c1c(=O)n(CC(=O)c1ccccc1)c(=O)n2C. The van der Waals surface area contributed by atoms with Crippen LogP contribution in [0.3, 0.4) is 0 Å². The standard InChI is InChI=1S/C27H29FN6O3/c1-17-10-11-20(28)13-19(17)14-33-23-24(30-26(33)32-12-6-9-21(29)15-32)31(2)27(37)34(25(23)36)16-22(35)18-7-4-3-5-8-18/h3-5,7-8,10-11,13,21H,6,9,12,14-16,29H2,1-2H3/t21-/m1/s1. The Morgan fingerprint density at radius 3 is 2.62 bits per heavy atom. The third kappa shape index (κ3) is 4.60. The predicted octanol–water partition coefficient (Wildman–Crippen LogP) is 2.20. The van der Waals surface area contributed by atoms with Crippen LogP contribution in [-0.2, 0) is 20.1 Å². The summed E-state index contributed by atoms with van der Waals surface area (Å²) in [4.78, 5) is 46.7. The zero-order valence-corrected chi connectivity index (χ0v) is 20.9. The number of hydrogen-bond donors (Lipinski definition) is 1. The highest BCUT2D eigenvalue weighted by molar-refractivity contribution is 5.95. The molecule has 192 valence electrons. The number of ketones is 1. The highest BCUT2D eigenvalue weighted by Gasteiger charge is 2.27. The van der Waals surface area contributed by atoms with E-state index in [0.717, 1.165) is 23.0 Å². The summed E-state index contributed by atoms with van der Waals surface area (Å²) in [7, 11) is 1.53. The molecule has 0 spiro atoms. The maximum Gasteiger partial charge on any atom is 0.332 e. The van der Waals surface area contributed by atoms with Crippen LogP contribution in [0.15, 0.2) is 58.1 Å². The number of rotatable bonds is 6. The van der Waals surface area contributed by atoms with E-state index in [0.29, 0.717) is 30.2 Å². The average Bonchev–Trinajstić information content (AvgIpc) is 3.27. The van der Waals surface area contributed by atoms with Crippen LogP contribution in [0.5, 0.6) is 0 Å². The largest absolute Gasteiger partial charge is 0.341 e. The molecule has 0 radical (unpaired) electrons. The van der Waals surface area contributed by atoms with E-state index in [9.17, 15) is 18.8 Å². The van der Waals surface area contributed by atoms with Crippen molar-refractivity contribution in [3.8, 4) is 0 Å². The Labute approximate surface area is 212 Å². The molecule has 0 bridgehead atoms. The van der Waals surface area contributed by atoms with Crippen LogP contribution in [0.1, 0.15) is 34.3 Å². The number of aromatic nitrogens is 4. The van der Waals surface area contributed by atoms with Gasteiger partial charge in [0.05, 0.1) is 13.1 Å². The first kappa shape index (κ1) is 24.6. The van der Waals surface area contributed by atoms with Crippen molar-refractivity contribution in [3.05, 3.63) is 91.9 Å². The van der Waals surface area contributed by atoms with E-state index in [1.54, 1.807) is 41.0 Å². The van der Waals surface area contributed by atoms with Gasteiger partial charge in [-0.05, 0) is 43.0 Å². The number of Topliss-reactive ketones (excluding diaryl/α,β-unsaturated/α-hetero) is 1. The van der Waals surface area contributed by atoms with Gasteiger partial charge in [0.25, 0.3) is 5.56 Å². The summed E-state index contributed by atoms with van der Waals surface area (Å²) >= 11 is 0. The Morgan fingerprint density at radius 1 is 1.14 bits per heavy atom. The summed E-state index contributed by atoms with van der Waals surface area (Å²) in [5.74, 6) is -0.244. The summed E-state index contributed by atoms with van der Waals surface area (Å²) in [6.45, 7) is 2.87. The molecule has 0 amide bonds. The van der Waals surface area contributed by atoms with E-state index in [-0.39, 0.29) is 35.4 Å². The second-order valence-electron chi connectivity index (χ2n) is 9.61. The minimum absolute atomic E-state index is 0.0538. The number of aryl methyl sites for hydroxylation is 2. The average molecular weight is 505 g/mol. The van der Waals surface area contributed by atoms with E-state index in [1.807, 2.05) is 11.8 Å². The van der Waals surface area contributed by atoms with Gasteiger partial charge in [-0.25, -0.2) is 9.18 Å². The highest BCUT2D eigenvalue weighted by Crippen LogP contribution is 2.25. The molecular formula is C27H29FN6O3. The monoisotopic (exact) mass is 504 g/mol. The molecule has 1 atom stereocenters. The van der Waals surface area contributed by atoms with Gasteiger partial charge in [-0.15, -0.1) is 0 Å². The minimum Gasteiger partial charge on any atom is -0.341 e. The van der Waals surface area contributed by atoms with E-state index in [2.05, 4.69) is 0 Å². The smallest absolute Gasteiger partial charge is 0.332 e. The van der Waals surface area contributed by atoms with Crippen molar-refractivity contribution in [2.45, 2.75) is 38.9 Å². The number of carbonyl (C=O) groups is 1. The molecule has 1 aliphatic heterocycles. The lowest BCUT2D eigenvalue weighted by atomic mass is 10.1. The van der Waals surface area contributed by atoms with E-state index in [4.69, 9.17) is 10.7 Å². The van der Waals surface area contributed by atoms with Gasteiger partial charge in [0, 0.05) is 31.7 Å². The molecule has 0 saturated carbocycles. The summed E-state index contributed by atoms with van der Waals surface area (Å²) in [6.07, 6.45) is 1.74. The molecule has 5 rings (SSSR count). The summed E-state index contributed by atoms with van der Waals surface area (Å²) in [6, 6.07) is 13.0. The number of fused-ring (bicyclic) bond motifs is 1. The van der Waals surface area contributed by atoms with Crippen LogP contribution >= 0.6 is 0 Å². The third-order valence-electron chi connectivity index (χ3n) is 6.99. The van der Waals surface area contributed by atoms with E-state index < -0.39 is 17.8 Å². The number of benzene rings is 2. The molecule has 3 heterocycles. The first-order valence-electron chi connectivity index (χ1n) is 12.3. The Morgan fingerprint density at radius 2 is 1.89 bits per heavy atom. The number of imidazole rings is 1. The fraction of sp³-hybridized carbons (Fsp3) is 0.333. The maximum absolute atomic E-state index is 14.2. The van der Waals surface area contributed by atoms with Gasteiger partial charge in [-0.3, -0.25) is 23.3 Å². The molecule has 37 heavy (non-hydrogen) atoms. The van der Waals surface area contributed by atoms with Gasteiger partial charge in [0.15, 0.2) is 16.9 Å². The summed E-state index contributed by atoms with van der Waals surface area (Å²) in [5, 5.41) is 0. The van der Waals surface area contributed by atoms with Gasteiger partial charge in [-0.1, -0.05) is 36.4 Å². The van der Waals surface area contributed by atoms with E-state index in [1.165, 1.54) is 23.7 Å². The van der Waals surface area contributed by atoms with Gasteiger partial charge < -0.3 is 10.6 Å². The lowest BCUT2D eigenvalue weighted by Crippen LogP contribution is -2.44. The molecule has 4 aromatic rings. The maximum atomic E-state index is 14.2. The minimum atomic E-state index is -0.629. The molecule has 2 aromatic carbocycles. The number of nitrogens with zero attached hydrogens (tertiary/aromatic N) is 5. The predicted molar refractivity (Wildman–Crippen MR) is 140 cm³/mol. The second-order valence-corrected chi connectivity index (χ2v) is 9.61. The first-order chi connectivity index (χ1) is 17.7. The zero-order valence-electron chi connectivity index (χ0n) is 20.9. The van der Waals surface area contributed by atoms with Crippen LogP contribution in [-0.4, -0.2) is 43.6 Å². The molecule has 10 heteroatoms. The first-order valence-corrected chi connectivity index (χ1v) is 12.3. The van der Waals surface area contributed by atoms with Gasteiger partial charge in [-0.2, -0.15) is 4.98 Å². The van der Waals surface area contributed by atoms with Crippen LogP contribution in [0.2, 0.25) is 0 Å². The number of halogens is 1. The van der Waals surface area contributed by atoms with Gasteiger partial charge in [0.1, 0.15) is 5.82 Å². The van der Waals surface area contributed by atoms with Gasteiger partial charge in [0.2, 0.25) is 5.95 Å². The molecule has 0 unspecified atom stereocenters. The van der Waals surface area contributed by atoms with Crippen LogP contribution < -0.4 is 21.9 Å². The molecule has 1 fully saturated rings. The third-order valence-corrected chi connectivity index (χ3v) is 6.99. The number of hydrogen-bond acceptors (Lipinski definition) is 6. The number of nitrogens with two attached hydrogens (primary N) is 1. The molecular weight excluding hydrogens is 475 g/mol. The molecule has 1 saturated heterocycles. The highest BCUT2D eigenvalue weighted by atomic mass is 19.1. The molecule has 2 N–H and O–H groups in total. The van der Waals surface area contributed by atoms with Crippen molar-refractivity contribution >= 4 is 22.9 Å². The molecule has 1 aliphatic rings. The van der Waals surface area contributed by atoms with Crippen molar-refractivity contribution in [1.29, 1.82) is 0 Å². The Balaban J connectivity index is 1.71. The van der Waals surface area contributed by atoms with Crippen molar-refractivity contribution in [2.24, 2.45) is 12.8 Å². The van der Waals surface area contributed by atoms with Crippen molar-refractivity contribution < 1.29 is 9.18 Å². The quantitative estimate of drug-likeness (QED) is 0.404. The fourth-order valence-corrected chi connectivity index (χ4v) is 4.92. The van der Waals surface area contributed by atoms with Crippen molar-refractivity contribution in [1.82, 2.24) is 18.7 Å². The van der Waals surface area contributed by atoms with Crippen molar-refractivity contribution in [3.63, 3.8) is 0 Å². The summed E-state index contributed by atoms with van der Waals surface area (Å²) in [5.41, 5.74) is 7.33. The zero-order chi connectivity index (χ0) is 26.3.